The number of rotatable bonds is 6. The minimum Gasteiger partial charge on any atom is -0.493 e. The minimum absolute atomic E-state index is 0.0509. The lowest BCUT2D eigenvalue weighted by Gasteiger charge is -2.43. The van der Waals surface area contributed by atoms with E-state index in [-0.39, 0.29) is 39.5 Å². The third kappa shape index (κ3) is 4.51. The summed E-state index contributed by atoms with van der Waals surface area (Å²) in [4.78, 5) is 45.1. The highest BCUT2D eigenvalue weighted by Gasteiger charge is 2.69. The van der Waals surface area contributed by atoms with E-state index in [4.69, 9.17) is 9.47 Å². The highest BCUT2D eigenvalue weighted by Crippen LogP contribution is 2.69. The number of carbonyl (C=O) groups excluding carboxylic acids is 2. The average Bonchev–Trinajstić information content (AvgIpc) is 3.78. The topological polar surface area (TPSA) is 88.7 Å². The van der Waals surface area contributed by atoms with Crippen molar-refractivity contribution in [2.24, 2.45) is 29.6 Å². The number of imide groups is 1. The van der Waals surface area contributed by atoms with Gasteiger partial charge in [0.1, 0.15) is 6.61 Å². The van der Waals surface area contributed by atoms with Gasteiger partial charge in [-0.2, -0.15) is 13.2 Å². The molecule has 0 radical (unpaired) electrons. The summed E-state index contributed by atoms with van der Waals surface area (Å²) < 4.78 is 52.4. The molecular weight excluding hydrogens is 638 g/mol. The fourth-order valence-electron chi connectivity index (χ4n) is 8.20. The molecule has 3 heterocycles. The molecule has 4 aliphatic rings. The zero-order valence-corrected chi connectivity index (χ0v) is 26.0. The van der Waals surface area contributed by atoms with Gasteiger partial charge < -0.3 is 14.5 Å². The van der Waals surface area contributed by atoms with E-state index in [0.29, 0.717) is 24.5 Å². The molecule has 2 aliphatic heterocycles. The highest BCUT2D eigenvalue weighted by molar-refractivity contribution is 8.00. The first-order chi connectivity index (χ1) is 22.1. The number of anilines is 1. The second-order valence-corrected chi connectivity index (χ2v) is 14.4. The number of halogens is 3. The van der Waals surface area contributed by atoms with Crippen LogP contribution >= 0.6 is 23.1 Å². The Bertz CT molecular complexity index is 1930. The summed E-state index contributed by atoms with van der Waals surface area (Å²) in [6, 6.07) is 19.9. The smallest absolute Gasteiger partial charge is 0.416 e. The molecule has 3 aromatic carbocycles. The van der Waals surface area contributed by atoms with Gasteiger partial charge in [-0.1, -0.05) is 53.8 Å². The van der Waals surface area contributed by atoms with Crippen LogP contribution in [-0.4, -0.2) is 29.2 Å². The maximum atomic E-state index is 14.0. The zero-order chi connectivity index (χ0) is 31.9. The number of hydrogen-bond acceptors (Lipinski definition) is 7. The molecule has 46 heavy (non-hydrogen) atoms. The van der Waals surface area contributed by atoms with Crippen LogP contribution in [0, 0.1) is 29.6 Å². The number of benzene rings is 3. The van der Waals surface area contributed by atoms with Crippen LogP contribution in [0.3, 0.4) is 0 Å². The quantitative estimate of drug-likeness (QED) is 0.230. The van der Waals surface area contributed by atoms with Gasteiger partial charge in [0.05, 0.1) is 35.2 Å². The molecule has 1 N–H and O–H groups in total. The molecule has 3 fully saturated rings. The molecule has 12 heteroatoms. The first kappa shape index (κ1) is 29.4. The van der Waals surface area contributed by atoms with Gasteiger partial charge in [0, 0.05) is 16.0 Å². The first-order valence-corrected chi connectivity index (χ1v) is 16.6. The van der Waals surface area contributed by atoms with E-state index in [9.17, 15) is 27.6 Å². The molecule has 1 saturated heterocycles. The number of nitrogens with zero attached hydrogens (tertiary/aromatic N) is 1. The van der Waals surface area contributed by atoms with Crippen molar-refractivity contribution in [2.75, 3.05) is 12.0 Å². The molecule has 1 aromatic heterocycles. The maximum Gasteiger partial charge on any atom is 0.416 e. The van der Waals surface area contributed by atoms with E-state index in [1.165, 1.54) is 12.1 Å². The molecule has 0 unspecified atom stereocenters. The predicted molar refractivity (Wildman–Crippen MR) is 166 cm³/mol. The van der Waals surface area contributed by atoms with Crippen molar-refractivity contribution in [3.05, 3.63) is 104 Å². The monoisotopic (exact) mass is 664 g/mol. The summed E-state index contributed by atoms with van der Waals surface area (Å²) in [5, 5.41) is 0.701. The number of alkyl halides is 3. The lowest BCUT2D eigenvalue weighted by Crippen LogP contribution is -2.42. The third-order valence-corrected chi connectivity index (χ3v) is 12.5. The van der Waals surface area contributed by atoms with E-state index < -0.39 is 35.4 Å². The van der Waals surface area contributed by atoms with Gasteiger partial charge in [-0.15, -0.1) is 11.8 Å². The summed E-state index contributed by atoms with van der Waals surface area (Å²) in [7, 11) is 1.57. The molecule has 2 saturated carbocycles. The normalized spacial score (nSPS) is 27.8. The van der Waals surface area contributed by atoms with Gasteiger partial charge in [-0.3, -0.25) is 19.3 Å². The van der Waals surface area contributed by atoms with Gasteiger partial charge in [0.15, 0.2) is 11.5 Å². The summed E-state index contributed by atoms with van der Waals surface area (Å²) in [6.45, 7) is 0.357. The van der Waals surface area contributed by atoms with Crippen LogP contribution in [0.2, 0.25) is 0 Å². The molecular formula is C34H27F3N2O5S2. The van der Waals surface area contributed by atoms with Gasteiger partial charge in [0.2, 0.25) is 11.8 Å². The van der Waals surface area contributed by atoms with Gasteiger partial charge in [-0.25, -0.2) is 0 Å². The number of thioether (sulfide) groups is 1. The second-order valence-electron chi connectivity index (χ2n) is 12.2. The molecule has 7 atom stereocenters. The summed E-state index contributed by atoms with van der Waals surface area (Å²) in [5.74, 6) is -1.69. The number of carbonyl (C=O) groups is 2. The average molecular weight is 665 g/mol. The van der Waals surface area contributed by atoms with E-state index >= 15 is 0 Å². The standard InChI is InChI=1S/C34H27F3N2O5S2/c1-43-23-12-17(10-11-22(23)44-15-16-6-3-2-4-7-16)24-25-20-14-21(28(25)45-30-29(24)46-33(42)38-30)27-26(20)31(40)39(32(27)41)19-9-5-8-18(13-19)34(35,36)37/h2-13,20-21,24-28H,14-15H2,1H3,(H,38,42)/t20-,21-,24+,25+,26+,27+,28-/m1/s1. The van der Waals surface area contributed by atoms with Crippen molar-refractivity contribution in [3.8, 4) is 11.5 Å². The second kappa shape index (κ2) is 10.8. The van der Waals surface area contributed by atoms with Crippen LogP contribution in [0.1, 0.15) is 33.9 Å². The molecule has 2 aliphatic carbocycles. The Kier molecular flexibility index (Phi) is 6.88. The Morgan fingerprint density at radius 3 is 2.41 bits per heavy atom. The van der Waals surface area contributed by atoms with Crippen molar-refractivity contribution in [1.82, 2.24) is 4.98 Å². The fourth-order valence-corrected chi connectivity index (χ4v) is 11.1. The molecule has 8 rings (SSSR count). The maximum absolute atomic E-state index is 14.0. The molecule has 4 aromatic rings. The Morgan fingerprint density at radius 1 is 0.913 bits per heavy atom. The van der Waals surface area contributed by atoms with Crippen LogP contribution in [0.5, 0.6) is 11.5 Å². The van der Waals surface area contributed by atoms with Crippen molar-refractivity contribution in [2.45, 2.75) is 35.4 Å². The molecule has 236 valence electrons. The van der Waals surface area contributed by atoms with Crippen molar-refractivity contribution in [1.29, 1.82) is 0 Å². The van der Waals surface area contributed by atoms with Crippen LogP contribution in [0.4, 0.5) is 18.9 Å². The number of aromatic amines is 1. The lowest BCUT2D eigenvalue weighted by atomic mass is 9.68. The first-order valence-electron chi connectivity index (χ1n) is 14.9. The zero-order valence-electron chi connectivity index (χ0n) is 24.3. The Balaban J connectivity index is 1.15. The summed E-state index contributed by atoms with van der Waals surface area (Å²) in [5.41, 5.74) is 0.957. The number of fused-ring (bicyclic) bond motifs is 9. The number of nitrogens with one attached hydrogen (secondary N) is 1. The highest BCUT2D eigenvalue weighted by atomic mass is 32.2. The predicted octanol–water partition coefficient (Wildman–Crippen LogP) is 6.72. The van der Waals surface area contributed by atoms with Crippen molar-refractivity contribution in [3.63, 3.8) is 0 Å². The number of H-pyrrole nitrogens is 1. The number of ether oxygens (including phenoxy) is 2. The summed E-state index contributed by atoms with van der Waals surface area (Å²) >= 11 is 2.70. The fraction of sp³-hybridized carbons (Fsp3) is 0.324. The Hall–Kier alpha value is -4.03. The van der Waals surface area contributed by atoms with E-state index in [2.05, 4.69) is 4.98 Å². The lowest BCUT2D eigenvalue weighted by molar-refractivity contribution is -0.137. The Labute approximate surface area is 269 Å². The minimum atomic E-state index is -4.60. The van der Waals surface area contributed by atoms with Crippen LogP contribution in [-0.2, 0) is 22.4 Å². The molecule has 2 amide bonds. The largest absolute Gasteiger partial charge is 0.493 e. The SMILES string of the molecule is COc1cc([C@@H]2c3sc(=O)[nH]c3S[C@@H]3[C@@H]4C[C@@H]([C@@H]5C(=O)N(c6cccc(C(F)(F)F)c6)C(=O)[C@@H]45)[C@@H]23)ccc1OCc1ccccc1. The van der Waals surface area contributed by atoms with Gasteiger partial charge in [-0.05, 0) is 65.6 Å². The van der Waals surface area contributed by atoms with Gasteiger partial charge >= 0.3 is 11.0 Å². The number of aromatic nitrogens is 1. The van der Waals surface area contributed by atoms with Crippen molar-refractivity contribution < 1.29 is 32.2 Å². The van der Waals surface area contributed by atoms with Gasteiger partial charge in [0.25, 0.3) is 0 Å². The number of amides is 2. The van der Waals surface area contributed by atoms with Crippen LogP contribution in [0.25, 0.3) is 0 Å². The third-order valence-electron chi connectivity index (χ3n) is 9.94. The molecule has 2 bridgehead atoms. The Morgan fingerprint density at radius 2 is 1.67 bits per heavy atom. The molecule has 0 spiro atoms. The molecule has 7 nitrogen and oxygen atoms in total. The van der Waals surface area contributed by atoms with E-state index in [1.54, 1.807) is 18.9 Å². The number of thiazole rings is 1. The van der Waals surface area contributed by atoms with E-state index in [0.717, 1.165) is 49.4 Å². The van der Waals surface area contributed by atoms with Crippen molar-refractivity contribution >= 4 is 40.6 Å². The van der Waals surface area contributed by atoms with Crippen LogP contribution in [0.15, 0.2) is 82.6 Å². The number of hydrogen-bond donors (Lipinski definition) is 1. The number of methoxy groups -OCH3 is 1. The van der Waals surface area contributed by atoms with E-state index in [1.807, 2.05) is 48.5 Å². The van der Waals surface area contributed by atoms with Crippen LogP contribution < -0.4 is 19.2 Å². The summed E-state index contributed by atoms with van der Waals surface area (Å²) in [6.07, 6.45) is -3.94.